The number of rotatable bonds is 2. The van der Waals surface area contributed by atoms with E-state index in [1.54, 1.807) is 24.3 Å². The summed E-state index contributed by atoms with van der Waals surface area (Å²) in [6, 6.07) is 6.75. The quantitative estimate of drug-likeness (QED) is 0.370. The molecule has 1 aromatic rings. The van der Waals surface area contributed by atoms with Gasteiger partial charge in [0.15, 0.2) is 6.29 Å². The Hall–Kier alpha value is -1.64. The van der Waals surface area contributed by atoms with Crippen LogP contribution in [0.15, 0.2) is 24.3 Å². The Balaban J connectivity index is 3.22. The van der Waals surface area contributed by atoms with Gasteiger partial charge in [-0.25, -0.2) is 0 Å². The lowest BCUT2D eigenvalue weighted by atomic mass is 10.1. The van der Waals surface area contributed by atoms with Crippen LogP contribution in [0.1, 0.15) is 15.9 Å². The lowest BCUT2D eigenvalue weighted by molar-refractivity contribution is 0.112. The third-order valence-electron chi connectivity index (χ3n) is 1.38. The number of nitrogens with one attached hydrogen (secondary N) is 1. The van der Waals surface area contributed by atoms with Gasteiger partial charge in [-0.2, -0.15) is 0 Å². The van der Waals surface area contributed by atoms with Gasteiger partial charge in [0.25, 0.3) is 0 Å². The fourth-order valence-electron chi connectivity index (χ4n) is 0.845. The van der Waals surface area contributed by atoms with Gasteiger partial charge in [-0.15, -0.1) is 0 Å². The maximum atomic E-state index is 10.4. The Morgan fingerprint density at radius 2 is 2.09 bits per heavy atom. The molecule has 0 atom stereocenters. The van der Waals surface area contributed by atoms with Crippen molar-refractivity contribution in [3.05, 3.63) is 35.4 Å². The Bertz CT molecular complexity index is 294. The monoisotopic (exact) mass is 148 g/mol. The average molecular weight is 148 g/mol. The molecule has 0 spiro atoms. The third kappa shape index (κ3) is 1.43. The summed E-state index contributed by atoms with van der Waals surface area (Å²) in [6.45, 7) is 0. The molecule has 0 bridgehead atoms. The van der Waals surface area contributed by atoms with Crippen LogP contribution in [0.25, 0.3) is 0 Å². The molecule has 11 heavy (non-hydrogen) atoms. The van der Waals surface area contributed by atoms with Crippen LogP contribution in [-0.2, 0) is 0 Å². The molecular weight excluding hydrogens is 140 g/mol. The fourth-order valence-corrected chi connectivity index (χ4v) is 0.845. The van der Waals surface area contributed by atoms with Crippen LogP contribution in [0.2, 0.25) is 0 Å². The van der Waals surface area contributed by atoms with Crippen molar-refractivity contribution >= 4 is 12.1 Å². The van der Waals surface area contributed by atoms with Crippen molar-refractivity contribution in [2.24, 2.45) is 5.73 Å². The number of hydrogen-bond acceptors (Lipinski definition) is 2. The van der Waals surface area contributed by atoms with Crippen molar-refractivity contribution in [1.82, 2.24) is 0 Å². The van der Waals surface area contributed by atoms with E-state index in [1.165, 1.54) is 0 Å². The Kier molecular flexibility index (Phi) is 2.01. The number of amidine groups is 1. The summed E-state index contributed by atoms with van der Waals surface area (Å²) in [6.07, 6.45) is 0.691. The minimum atomic E-state index is -0.0762. The lowest BCUT2D eigenvalue weighted by Gasteiger charge is -1.99. The van der Waals surface area contributed by atoms with E-state index in [9.17, 15) is 4.79 Å². The molecule has 3 heteroatoms. The first-order valence-electron chi connectivity index (χ1n) is 3.14. The maximum absolute atomic E-state index is 10.4. The van der Waals surface area contributed by atoms with Gasteiger partial charge in [-0.3, -0.25) is 10.2 Å². The Labute approximate surface area is 64.3 Å². The number of aldehydes is 1. The summed E-state index contributed by atoms with van der Waals surface area (Å²) in [5.74, 6) is -0.0762. The van der Waals surface area contributed by atoms with Gasteiger partial charge in [-0.1, -0.05) is 24.3 Å². The van der Waals surface area contributed by atoms with Crippen LogP contribution in [0, 0.1) is 5.41 Å². The number of nitrogen functional groups attached to an aromatic ring is 1. The zero-order chi connectivity index (χ0) is 8.27. The minimum absolute atomic E-state index is 0.0762. The topological polar surface area (TPSA) is 66.9 Å². The summed E-state index contributed by atoms with van der Waals surface area (Å²) < 4.78 is 0. The summed E-state index contributed by atoms with van der Waals surface area (Å²) in [4.78, 5) is 10.4. The standard InChI is InChI=1S/C8H8N2O/c9-8(10)7-4-2-1-3-6(7)5-11/h1-5H,(H3,9,10). The number of carbonyl (C=O) groups excluding carboxylic acids is 1. The van der Waals surface area contributed by atoms with Crippen LogP contribution in [0.4, 0.5) is 0 Å². The number of carbonyl (C=O) groups is 1. The SMILES string of the molecule is N=C(N)c1ccccc1C=O. The normalized spacial score (nSPS) is 9.09. The van der Waals surface area contributed by atoms with E-state index < -0.39 is 0 Å². The van der Waals surface area contributed by atoms with Crippen molar-refractivity contribution in [2.45, 2.75) is 0 Å². The van der Waals surface area contributed by atoms with Gasteiger partial charge in [-0.05, 0) is 0 Å². The first-order valence-corrected chi connectivity index (χ1v) is 3.14. The number of benzene rings is 1. The molecule has 1 aromatic carbocycles. The molecule has 56 valence electrons. The van der Waals surface area contributed by atoms with E-state index in [-0.39, 0.29) is 5.84 Å². The summed E-state index contributed by atoms with van der Waals surface area (Å²) >= 11 is 0. The first kappa shape index (κ1) is 7.47. The van der Waals surface area contributed by atoms with Gasteiger partial charge in [0, 0.05) is 11.1 Å². The molecule has 0 radical (unpaired) electrons. The van der Waals surface area contributed by atoms with Crippen molar-refractivity contribution in [2.75, 3.05) is 0 Å². The molecule has 0 aliphatic rings. The Morgan fingerprint density at radius 1 is 1.45 bits per heavy atom. The predicted octanol–water partition coefficient (Wildman–Crippen LogP) is 0.783. The van der Waals surface area contributed by atoms with E-state index in [4.69, 9.17) is 11.1 Å². The molecule has 0 fully saturated rings. The first-order chi connectivity index (χ1) is 5.25. The zero-order valence-electron chi connectivity index (χ0n) is 5.87. The number of hydrogen-bond donors (Lipinski definition) is 2. The number of nitrogens with two attached hydrogens (primary N) is 1. The van der Waals surface area contributed by atoms with Crippen LogP contribution in [-0.4, -0.2) is 12.1 Å². The second kappa shape index (κ2) is 2.96. The van der Waals surface area contributed by atoms with E-state index in [2.05, 4.69) is 0 Å². The van der Waals surface area contributed by atoms with E-state index in [0.29, 0.717) is 17.4 Å². The largest absolute Gasteiger partial charge is 0.384 e. The smallest absolute Gasteiger partial charge is 0.150 e. The van der Waals surface area contributed by atoms with Gasteiger partial charge < -0.3 is 5.73 Å². The van der Waals surface area contributed by atoms with Gasteiger partial charge >= 0.3 is 0 Å². The summed E-state index contributed by atoms with van der Waals surface area (Å²) in [5.41, 5.74) is 6.16. The summed E-state index contributed by atoms with van der Waals surface area (Å²) in [5, 5.41) is 7.10. The van der Waals surface area contributed by atoms with Crippen molar-refractivity contribution in [1.29, 1.82) is 5.41 Å². The molecule has 0 aliphatic heterocycles. The highest BCUT2D eigenvalue weighted by Gasteiger charge is 2.00. The average Bonchev–Trinajstić information content (AvgIpc) is 2.04. The molecule has 0 aliphatic carbocycles. The Morgan fingerprint density at radius 3 is 2.55 bits per heavy atom. The van der Waals surface area contributed by atoms with E-state index >= 15 is 0 Å². The van der Waals surface area contributed by atoms with Crippen LogP contribution >= 0.6 is 0 Å². The van der Waals surface area contributed by atoms with E-state index in [0.717, 1.165) is 0 Å². The zero-order valence-corrected chi connectivity index (χ0v) is 5.87. The lowest BCUT2D eigenvalue weighted by Crippen LogP contribution is -2.13. The second-order valence-corrected chi connectivity index (χ2v) is 2.12. The fraction of sp³-hybridized carbons (Fsp3) is 0. The highest BCUT2D eigenvalue weighted by atomic mass is 16.1. The molecule has 0 aromatic heterocycles. The van der Waals surface area contributed by atoms with Crippen molar-refractivity contribution in [3.63, 3.8) is 0 Å². The molecule has 1 rings (SSSR count). The molecule has 0 amide bonds. The minimum Gasteiger partial charge on any atom is -0.384 e. The van der Waals surface area contributed by atoms with Gasteiger partial charge in [0.1, 0.15) is 5.84 Å². The van der Waals surface area contributed by atoms with Crippen molar-refractivity contribution in [3.8, 4) is 0 Å². The molecule has 3 N–H and O–H groups in total. The van der Waals surface area contributed by atoms with Crippen molar-refractivity contribution < 1.29 is 4.79 Å². The van der Waals surface area contributed by atoms with E-state index in [1.807, 2.05) is 0 Å². The highest BCUT2D eigenvalue weighted by molar-refractivity contribution is 6.01. The summed E-state index contributed by atoms with van der Waals surface area (Å²) in [7, 11) is 0. The highest BCUT2D eigenvalue weighted by Crippen LogP contribution is 2.03. The molecule has 3 nitrogen and oxygen atoms in total. The predicted molar refractivity (Wildman–Crippen MR) is 42.8 cm³/mol. The maximum Gasteiger partial charge on any atom is 0.150 e. The van der Waals surface area contributed by atoms with Crippen LogP contribution in [0.5, 0.6) is 0 Å². The molecule has 0 heterocycles. The van der Waals surface area contributed by atoms with Gasteiger partial charge in [0.05, 0.1) is 0 Å². The van der Waals surface area contributed by atoms with Crippen LogP contribution < -0.4 is 5.73 Å². The second-order valence-electron chi connectivity index (χ2n) is 2.12. The molecule has 0 saturated heterocycles. The van der Waals surface area contributed by atoms with Gasteiger partial charge in [0.2, 0.25) is 0 Å². The van der Waals surface area contributed by atoms with Crippen LogP contribution in [0.3, 0.4) is 0 Å². The third-order valence-corrected chi connectivity index (χ3v) is 1.38. The molecule has 0 saturated carbocycles. The molecule has 0 unspecified atom stereocenters. The molecular formula is C8H8N2O.